The van der Waals surface area contributed by atoms with Gasteiger partial charge >= 0.3 is 5.97 Å². The Morgan fingerprint density at radius 2 is 2.24 bits per heavy atom. The first-order valence-corrected chi connectivity index (χ1v) is 5.46. The number of hydrogen-bond acceptors (Lipinski definition) is 4. The van der Waals surface area contributed by atoms with Gasteiger partial charge in [-0.15, -0.1) is 0 Å². The summed E-state index contributed by atoms with van der Waals surface area (Å²) in [6.07, 6.45) is 0.774. The molecule has 1 atom stereocenters. The highest BCUT2D eigenvalue weighted by Crippen LogP contribution is 2.16. The second-order valence-corrected chi connectivity index (χ2v) is 3.71. The van der Waals surface area contributed by atoms with Crippen molar-refractivity contribution in [2.75, 3.05) is 20.2 Å². The fourth-order valence-corrected chi connectivity index (χ4v) is 1.48. The van der Waals surface area contributed by atoms with E-state index in [1.807, 2.05) is 24.3 Å². The van der Waals surface area contributed by atoms with Crippen LogP contribution in [0.25, 0.3) is 0 Å². The maximum absolute atomic E-state index is 10.5. The van der Waals surface area contributed by atoms with E-state index in [9.17, 15) is 4.79 Å². The van der Waals surface area contributed by atoms with Gasteiger partial charge in [-0.05, 0) is 24.6 Å². The number of methoxy groups -OCH3 is 1. The SMILES string of the molecule is COc1ccccc1CCNCC(N)C(=O)O. The van der Waals surface area contributed by atoms with Gasteiger partial charge in [-0.3, -0.25) is 4.79 Å². The second-order valence-electron chi connectivity index (χ2n) is 3.71. The summed E-state index contributed by atoms with van der Waals surface area (Å²) in [5, 5.41) is 11.6. The average molecular weight is 238 g/mol. The van der Waals surface area contributed by atoms with E-state index < -0.39 is 12.0 Å². The molecule has 0 saturated heterocycles. The highest BCUT2D eigenvalue weighted by molar-refractivity contribution is 5.73. The van der Waals surface area contributed by atoms with E-state index in [1.54, 1.807) is 7.11 Å². The number of carbonyl (C=O) groups is 1. The third kappa shape index (κ3) is 4.42. The van der Waals surface area contributed by atoms with Crippen LogP contribution in [0.2, 0.25) is 0 Å². The van der Waals surface area contributed by atoms with Crippen LogP contribution >= 0.6 is 0 Å². The molecule has 1 unspecified atom stereocenters. The minimum absolute atomic E-state index is 0.268. The van der Waals surface area contributed by atoms with E-state index in [0.29, 0.717) is 6.54 Å². The van der Waals surface area contributed by atoms with Crippen LogP contribution in [0.5, 0.6) is 5.75 Å². The van der Waals surface area contributed by atoms with Gasteiger partial charge in [-0.1, -0.05) is 18.2 Å². The summed E-state index contributed by atoms with van der Waals surface area (Å²) < 4.78 is 5.22. The molecule has 0 aliphatic carbocycles. The predicted molar refractivity (Wildman–Crippen MR) is 65.2 cm³/mol. The van der Waals surface area contributed by atoms with Crippen molar-refractivity contribution in [2.45, 2.75) is 12.5 Å². The summed E-state index contributed by atoms with van der Waals surface area (Å²) in [6, 6.07) is 6.89. The van der Waals surface area contributed by atoms with Crippen LogP contribution in [-0.4, -0.2) is 37.3 Å². The Kier molecular flexibility index (Phi) is 5.45. The maximum Gasteiger partial charge on any atom is 0.321 e. The molecule has 94 valence electrons. The molecule has 17 heavy (non-hydrogen) atoms. The number of aliphatic carboxylic acids is 1. The first-order chi connectivity index (χ1) is 8.15. The van der Waals surface area contributed by atoms with Gasteiger partial charge in [-0.25, -0.2) is 0 Å². The van der Waals surface area contributed by atoms with Gasteiger partial charge in [0, 0.05) is 6.54 Å². The van der Waals surface area contributed by atoms with Gasteiger partial charge in [0.2, 0.25) is 0 Å². The lowest BCUT2D eigenvalue weighted by molar-refractivity contribution is -0.138. The molecule has 0 aromatic heterocycles. The number of rotatable bonds is 7. The summed E-state index contributed by atoms with van der Waals surface area (Å²) in [5.41, 5.74) is 6.45. The molecule has 0 spiro atoms. The van der Waals surface area contributed by atoms with E-state index in [0.717, 1.165) is 17.7 Å². The van der Waals surface area contributed by atoms with Crippen LogP contribution in [-0.2, 0) is 11.2 Å². The molecule has 0 radical (unpaired) electrons. The Hall–Kier alpha value is -1.59. The zero-order valence-corrected chi connectivity index (χ0v) is 9.85. The Morgan fingerprint density at radius 3 is 2.88 bits per heavy atom. The third-order valence-electron chi connectivity index (χ3n) is 2.45. The molecule has 0 bridgehead atoms. The third-order valence-corrected chi connectivity index (χ3v) is 2.45. The zero-order chi connectivity index (χ0) is 12.7. The second kappa shape index (κ2) is 6.88. The van der Waals surface area contributed by atoms with Crippen LogP contribution in [0.3, 0.4) is 0 Å². The van der Waals surface area contributed by atoms with Crippen LogP contribution in [0, 0.1) is 0 Å². The monoisotopic (exact) mass is 238 g/mol. The van der Waals surface area contributed by atoms with E-state index in [-0.39, 0.29) is 6.54 Å². The number of carboxylic acids is 1. The fourth-order valence-electron chi connectivity index (χ4n) is 1.48. The normalized spacial score (nSPS) is 12.1. The van der Waals surface area contributed by atoms with E-state index >= 15 is 0 Å². The van der Waals surface area contributed by atoms with E-state index in [2.05, 4.69) is 5.32 Å². The van der Waals surface area contributed by atoms with Crippen LogP contribution < -0.4 is 15.8 Å². The predicted octanol–water partition coefficient (Wildman–Crippen LogP) is 0.239. The zero-order valence-electron chi connectivity index (χ0n) is 9.85. The Bertz CT molecular complexity index is 369. The molecule has 1 aromatic rings. The summed E-state index contributed by atoms with van der Waals surface area (Å²) in [5.74, 6) is -0.147. The lowest BCUT2D eigenvalue weighted by Crippen LogP contribution is -2.40. The molecule has 1 rings (SSSR count). The molecule has 0 heterocycles. The first-order valence-electron chi connectivity index (χ1n) is 5.46. The molecular formula is C12H18N2O3. The number of benzene rings is 1. The fraction of sp³-hybridized carbons (Fsp3) is 0.417. The van der Waals surface area contributed by atoms with Gasteiger partial charge in [0.1, 0.15) is 11.8 Å². The molecule has 0 aliphatic rings. The highest BCUT2D eigenvalue weighted by Gasteiger charge is 2.10. The average Bonchev–Trinajstić information content (AvgIpc) is 2.34. The number of hydrogen-bond donors (Lipinski definition) is 3. The lowest BCUT2D eigenvalue weighted by atomic mass is 10.1. The standard InChI is InChI=1S/C12H18N2O3/c1-17-11-5-3-2-4-9(11)6-7-14-8-10(13)12(15)16/h2-5,10,14H,6-8,13H2,1H3,(H,15,16). The van der Waals surface area contributed by atoms with Crippen molar-refractivity contribution in [3.63, 3.8) is 0 Å². The lowest BCUT2D eigenvalue weighted by Gasteiger charge is -2.10. The van der Waals surface area contributed by atoms with Crippen molar-refractivity contribution in [1.29, 1.82) is 0 Å². The molecular weight excluding hydrogens is 220 g/mol. The molecule has 0 amide bonds. The first kappa shape index (κ1) is 13.5. The molecule has 5 nitrogen and oxygen atoms in total. The molecule has 0 saturated carbocycles. The summed E-state index contributed by atoms with van der Waals surface area (Å²) in [6.45, 7) is 0.936. The number of para-hydroxylation sites is 1. The smallest absolute Gasteiger partial charge is 0.321 e. The Balaban J connectivity index is 2.33. The molecule has 0 aliphatic heterocycles. The number of nitrogens with two attached hydrogens (primary N) is 1. The minimum atomic E-state index is -0.991. The molecule has 1 aromatic carbocycles. The largest absolute Gasteiger partial charge is 0.496 e. The van der Waals surface area contributed by atoms with E-state index in [4.69, 9.17) is 15.6 Å². The van der Waals surface area contributed by atoms with Crippen LogP contribution in [0.15, 0.2) is 24.3 Å². The number of nitrogens with one attached hydrogen (secondary N) is 1. The van der Waals surface area contributed by atoms with Crippen LogP contribution in [0.1, 0.15) is 5.56 Å². The maximum atomic E-state index is 10.5. The van der Waals surface area contributed by atoms with Gasteiger partial charge < -0.3 is 20.9 Å². The minimum Gasteiger partial charge on any atom is -0.496 e. The quantitative estimate of drug-likeness (QED) is 0.592. The van der Waals surface area contributed by atoms with Gasteiger partial charge in [0.15, 0.2) is 0 Å². The Labute approximate surface area is 101 Å². The van der Waals surface area contributed by atoms with Crippen molar-refractivity contribution in [3.8, 4) is 5.75 Å². The van der Waals surface area contributed by atoms with Crippen molar-refractivity contribution in [2.24, 2.45) is 5.73 Å². The summed E-state index contributed by atoms with van der Waals surface area (Å²) in [7, 11) is 1.63. The topological polar surface area (TPSA) is 84.6 Å². The van der Waals surface area contributed by atoms with E-state index in [1.165, 1.54) is 0 Å². The number of ether oxygens (including phenoxy) is 1. The van der Waals surface area contributed by atoms with Crippen molar-refractivity contribution < 1.29 is 14.6 Å². The number of carboxylic acid groups (broad SMARTS) is 1. The van der Waals surface area contributed by atoms with Crippen molar-refractivity contribution in [1.82, 2.24) is 5.32 Å². The summed E-state index contributed by atoms with van der Waals surface area (Å²) in [4.78, 5) is 10.5. The van der Waals surface area contributed by atoms with Gasteiger partial charge in [0.05, 0.1) is 7.11 Å². The van der Waals surface area contributed by atoms with Gasteiger partial charge in [0.25, 0.3) is 0 Å². The molecule has 4 N–H and O–H groups in total. The highest BCUT2D eigenvalue weighted by atomic mass is 16.5. The molecule has 0 fully saturated rings. The van der Waals surface area contributed by atoms with Crippen molar-refractivity contribution >= 4 is 5.97 Å². The van der Waals surface area contributed by atoms with Gasteiger partial charge in [-0.2, -0.15) is 0 Å². The Morgan fingerprint density at radius 1 is 1.53 bits per heavy atom. The summed E-state index contributed by atoms with van der Waals surface area (Å²) >= 11 is 0. The van der Waals surface area contributed by atoms with Crippen LogP contribution in [0.4, 0.5) is 0 Å². The van der Waals surface area contributed by atoms with Crippen molar-refractivity contribution in [3.05, 3.63) is 29.8 Å². The molecule has 5 heteroatoms.